The molecular weight excluding hydrogens is 338 g/mol. The van der Waals surface area contributed by atoms with Crippen molar-refractivity contribution in [2.24, 2.45) is 0 Å². The van der Waals surface area contributed by atoms with Gasteiger partial charge < -0.3 is 10.2 Å². The van der Waals surface area contributed by atoms with Crippen molar-refractivity contribution in [2.45, 2.75) is 6.92 Å². The Bertz CT molecular complexity index is 846. The van der Waals surface area contributed by atoms with Gasteiger partial charge in [-0.3, -0.25) is 9.10 Å². The number of hydrogen-bond donors (Lipinski definition) is 1. The summed E-state index contributed by atoms with van der Waals surface area (Å²) in [7, 11) is 0.281. The van der Waals surface area contributed by atoms with Gasteiger partial charge in [0, 0.05) is 25.5 Å². The zero-order chi connectivity index (χ0) is 18.6. The summed E-state index contributed by atoms with van der Waals surface area (Å²) in [5, 5.41) is 2.74. The maximum atomic E-state index is 12.3. The maximum absolute atomic E-state index is 12.3. The molecule has 2 aromatic rings. The van der Waals surface area contributed by atoms with E-state index in [1.54, 1.807) is 24.3 Å². The van der Waals surface area contributed by atoms with E-state index in [0.717, 1.165) is 21.8 Å². The second kappa shape index (κ2) is 7.57. The Morgan fingerprint density at radius 2 is 1.64 bits per heavy atom. The van der Waals surface area contributed by atoms with Gasteiger partial charge in [0.05, 0.1) is 11.9 Å². The van der Waals surface area contributed by atoms with Gasteiger partial charge in [0.2, 0.25) is 15.9 Å². The largest absolute Gasteiger partial charge is 0.378 e. The van der Waals surface area contributed by atoms with Crippen LogP contribution in [0.2, 0.25) is 0 Å². The monoisotopic (exact) mass is 361 g/mol. The van der Waals surface area contributed by atoms with Gasteiger partial charge in [0.1, 0.15) is 6.54 Å². The van der Waals surface area contributed by atoms with Gasteiger partial charge in [0.25, 0.3) is 0 Å². The Balaban J connectivity index is 2.16. The average molecular weight is 361 g/mol. The molecular formula is C18H23N3O3S. The van der Waals surface area contributed by atoms with Crippen LogP contribution in [0.25, 0.3) is 0 Å². The summed E-state index contributed by atoms with van der Waals surface area (Å²) in [6, 6.07) is 14.4. The molecule has 134 valence electrons. The third-order valence-corrected chi connectivity index (χ3v) is 4.87. The van der Waals surface area contributed by atoms with Crippen LogP contribution in [-0.2, 0) is 14.8 Å². The minimum atomic E-state index is -3.58. The minimum absolute atomic E-state index is 0.279. The number of rotatable bonds is 6. The number of sulfonamides is 1. The number of hydrogen-bond acceptors (Lipinski definition) is 4. The standard InChI is InChI=1S/C18H23N3O3S/c1-14-7-5-6-8-17(14)21(25(4,23)24)13-18(22)19-15-9-11-16(12-10-15)20(2)3/h5-12H,13H2,1-4H3,(H,19,22). The average Bonchev–Trinajstić information content (AvgIpc) is 2.53. The summed E-state index contributed by atoms with van der Waals surface area (Å²) >= 11 is 0. The number of anilines is 3. The van der Waals surface area contributed by atoms with Gasteiger partial charge in [-0.15, -0.1) is 0 Å². The van der Waals surface area contributed by atoms with Crippen LogP contribution in [0, 0.1) is 6.92 Å². The number of carbonyl (C=O) groups is 1. The molecule has 0 saturated carbocycles. The molecule has 0 heterocycles. The quantitative estimate of drug-likeness (QED) is 0.858. The second-order valence-electron chi connectivity index (χ2n) is 6.05. The van der Waals surface area contributed by atoms with E-state index in [2.05, 4.69) is 5.32 Å². The van der Waals surface area contributed by atoms with Crippen molar-refractivity contribution >= 4 is 33.0 Å². The number of carbonyl (C=O) groups excluding carboxylic acids is 1. The van der Waals surface area contributed by atoms with Crippen molar-refractivity contribution in [2.75, 3.05) is 41.4 Å². The summed E-state index contributed by atoms with van der Waals surface area (Å²) in [6.45, 7) is 1.53. The van der Waals surface area contributed by atoms with E-state index in [0.29, 0.717) is 11.4 Å². The van der Waals surface area contributed by atoms with E-state index in [9.17, 15) is 13.2 Å². The molecule has 0 aliphatic carbocycles. The van der Waals surface area contributed by atoms with Crippen LogP contribution in [0.4, 0.5) is 17.1 Å². The third kappa shape index (κ3) is 4.96. The summed E-state index contributed by atoms with van der Waals surface area (Å²) in [6.07, 6.45) is 1.10. The van der Waals surface area contributed by atoms with E-state index < -0.39 is 15.9 Å². The normalized spacial score (nSPS) is 11.0. The van der Waals surface area contributed by atoms with Crippen LogP contribution in [0.3, 0.4) is 0 Å². The molecule has 1 N–H and O–H groups in total. The highest BCUT2D eigenvalue weighted by molar-refractivity contribution is 7.92. The zero-order valence-corrected chi connectivity index (χ0v) is 15.7. The molecule has 0 spiro atoms. The Kier molecular flexibility index (Phi) is 5.69. The van der Waals surface area contributed by atoms with Crippen LogP contribution in [0.15, 0.2) is 48.5 Å². The molecule has 25 heavy (non-hydrogen) atoms. The molecule has 6 nitrogen and oxygen atoms in total. The van der Waals surface area contributed by atoms with Crippen molar-refractivity contribution in [3.8, 4) is 0 Å². The van der Waals surface area contributed by atoms with E-state index >= 15 is 0 Å². The molecule has 0 aliphatic heterocycles. The van der Waals surface area contributed by atoms with E-state index in [1.807, 2.05) is 50.2 Å². The first-order valence-corrected chi connectivity index (χ1v) is 9.64. The van der Waals surface area contributed by atoms with Crippen molar-refractivity contribution in [1.29, 1.82) is 0 Å². The summed E-state index contributed by atoms with van der Waals surface area (Å²) in [4.78, 5) is 14.3. The van der Waals surface area contributed by atoms with E-state index in [1.165, 1.54) is 0 Å². The highest BCUT2D eigenvalue weighted by atomic mass is 32.2. The van der Waals surface area contributed by atoms with Crippen LogP contribution >= 0.6 is 0 Å². The molecule has 0 bridgehead atoms. The number of benzene rings is 2. The predicted octanol–water partition coefficient (Wildman–Crippen LogP) is 2.47. The lowest BCUT2D eigenvalue weighted by Crippen LogP contribution is -2.37. The second-order valence-corrected chi connectivity index (χ2v) is 7.95. The number of nitrogens with one attached hydrogen (secondary N) is 1. The summed E-state index contributed by atoms with van der Waals surface area (Å²) in [5.74, 6) is -0.397. The molecule has 2 rings (SSSR count). The molecule has 7 heteroatoms. The molecule has 0 aliphatic rings. The smallest absolute Gasteiger partial charge is 0.245 e. The Morgan fingerprint density at radius 3 is 2.16 bits per heavy atom. The van der Waals surface area contributed by atoms with Crippen molar-refractivity contribution < 1.29 is 13.2 Å². The topological polar surface area (TPSA) is 69.7 Å². The predicted molar refractivity (Wildman–Crippen MR) is 103 cm³/mol. The van der Waals surface area contributed by atoms with Gasteiger partial charge in [-0.05, 0) is 42.8 Å². The van der Waals surface area contributed by atoms with Crippen LogP contribution in [0.1, 0.15) is 5.56 Å². The first-order chi connectivity index (χ1) is 11.7. The fourth-order valence-corrected chi connectivity index (χ4v) is 3.31. The Labute approximate surface area is 149 Å². The summed E-state index contributed by atoms with van der Waals surface area (Å²) < 4.78 is 25.4. The highest BCUT2D eigenvalue weighted by Gasteiger charge is 2.22. The molecule has 0 fully saturated rings. The Hall–Kier alpha value is -2.54. The first-order valence-electron chi connectivity index (χ1n) is 7.79. The fraction of sp³-hybridized carbons (Fsp3) is 0.278. The van der Waals surface area contributed by atoms with Crippen molar-refractivity contribution in [3.63, 3.8) is 0 Å². The van der Waals surface area contributed by atoms with Crippen LogP contribution < -0.4 is 14.5 Å². The van der Waals surface area contributed by atoms with E-state index in [-0.39, 0.29) is 6.54 Å². The molecule has 0 radical (unpaired) electrons. The van der Waals surface area contributed by atoms with Gasteiger partial charge in [0.15, 0.2) is 0 Å². The summed E-state index contributed by atoms with van der Waals surface area (Å²) in [5.41, 5.74) is 2.92. The van der Waals surface area contributed by atoms with Crippen molar-refractivity contribution in [1.82, 2.24) is 0 Å². The zero-order valence-electron chi connectivity index (χ0n) is 14.9. The van der Waals surface area contributed by atoms with Crippen LogP contribution in [-0.4, -0.2) is 41.2 Å². The SMILES string of the molecule is Cc1ccccc1N(CC(=O)Nc1ccc(N(C)C)cc1)S(C)(=O)=O. The molecule has 0 atom stereocenters. The van der Waals surface area contributed by atoms with E-state index in [4.69, 9.17) is 0 Å². The molecule has 0 unspecified atom stereocenters. The lowest BCUT2D eigenvalue weighted by atomic mass is 10.2. The molecule has 1 amide bonds. The van der Waals surface area contributed by atoms with Gasteiger partial charge in [-0.1, -0.05) is 18.2 Å². The fourth-order valence-electron chi connectivity index (χ4n) is 2.40. The van der Waals surface area contributed by atoms with Crippen LogP contribution in [0.5, 0.6) is 0 Å². The number of amides is 1. The van der Waals surface area contributed by atoms with Gasteiger partial charge in [-0.25, -0.2) is 8.42 Å². The van der Waals surface area contributed by atoms with Crippen molar-refractivity contribution in [3.05, 3.63) is 54.1 Å². The Morgan fingerprint density at radius 1 is 1.04 bits per heavy atom. The highest BCUT2D eigenvalue weighted by Crippen LogP contribution is 2.22. The molecule has 0 aromatic heterocycles. The van der Waals surface area contributed by atoms with Gasteiger partial charge >= 0.3 is 0 Å². The number of para-hydroxylation sites is 1. The van der Waals surface area contributed by atoms with Gasteiger partial charge in [-0.2, -0.15) is 0 Å². The third-order valence-electron chi connectivity index (χ3n) is 3.74. The lowest BCUT2D eigenvalue weighted by molar-refractivity contribution is -0.114. The first kappa shape index (κ1) is 18.8. The molecule has 2 aromatic carbocycles. The number of nitrogens with zero attached hydrogens (tertiary/aromatic N) is 2. The number of aryl methyl sites for hydroxylation is 1. The maximum Gasteiger partial charge on any atom is 0.245 e. The minimum Gasteiger partial charge on any atom is -0.378 e. The lowest BCUT2D eigenvalue weighted by Gasteiger charge is -2.23. The molecule has 0 saturated heterocycles.